The van der Waals surface area contributed by atoms with E-state index in [1.54, 1.807) is 0 Å². The van der Waals surface area contributed by atoms with Gasteiger partial charge < -0.3 is 9.05 Å². The maximum Gasteiger partial charge on any atom is 0.200 e. The average molecular weight is 167 g/mol. The highest BCUT2D eigenvalue weighted by Crippen LogP contribution is 2.36. The van der Waals surface area contributed by atoms with Gasteiger partial charge in [-0.2, -0.15) is 0 Å². The first-order chi connectivity index (χ1) is 4.85. The van der Waals surface area contributed by atoms with Gasteiger partial charge in [0.15, 0.2) is 8.38 Å². The highest BCUT2D eigenvalue weighted by Gasteiger charge is 2.07. The molecular weight excluding hydrogens is 153 g/mol. The number of rotatable bonds is 6. The number of hydrogen-bond donors (Lipinski definition) is 1. The van der Waals surface area contributed by atoms with Crippen LogP contribution in [-0.2, 0) is 13.9 Å². The summed E-state index contributed by atoms with van der Waals surface area (Å²) in [5, 5.41) is 0. The molecule has 62 valence electrons. The summed E-state index contributed by atoms with van der Waals surface area (Å²) < 4.78 is 10.3. The Balaban J connectivity index is 3.30. The van der Waals surface area contributed by atoms with Crippen LogP contribution in [-0.4, -0.2) is 19.6 Å². The predicted molar refractivity (Wildman–Crippen MR) is 40.3 cm³/mol. The van der Waals surface area contributed by atoms with Crippen molar-refractivity contribution in [3.05, 3.63) is 0 Å². The first-order valence-corrected chi connectivity index (χ1v) is 4.56. The maximum absolute atomic E-state index is 5.16. The Labute approximate surface area is 62.5 Å². The summed E-state index contributed by atoms with van der Waals surface area (Å²) in [6, 6.07) is 0. The second kappa shape index (κ2) is 7.38. The van der Waals surface area contributed by atoms with Crippen molar-refractivity contribution >= 4 is 8.38 Å². The van der Waals surface area contributed by atoms with Gasteiger partial charge in [-0.15, -0.1) is 0 Å². The summed E-state index contributed by atoms with van der Waals surface area (Å²) in [6.07, 6.45) is 0.344. The zero-order valence-corrected chi connectivity index (χ0v) is 7.27. The Morgan fingerprint density at radius 1 is 1.20 bits per heavy atom. The molecule has 0 saturated heterocycles. The first kappa shape index (κ1) is 10.3. The molecule has 0 aromatic heterocycles. The monoisotopic (exact) mass is 167 g/mol. The van der Waals surface area contributed by atoms with Crippen molar-refractivity contribution in [2.24, 2.45) is 5.90 Å². The molecule has 0 atom stereocenters. The first-order valence-electron chi connectivity index (χ1n) is 3.20. The van der Waals surface area contributed by atoms with Crippen molar-refractivity contribution in [3.63, 3.8) is 0 Å². The molecule has 0 fully saturated rings. The van der Waals surface area contributed by atoms with Gasteiger partial charge in [0.25, 0.3) is 0 Å². The Bertz CT molecular complexity index is 59.6. The lowest BCUT2D eigenvalue weighted by atomic mass is 10.9. The summed E-state index contributed by atoms with van der Waals surface area (Å²) in [7, 11) is -0.908. The molecule has 10 heavy (non-hydrogen) atoms. The smallest absolute Gasteiger partial charge is 0.200 e. The summed E-state index contributed by atoms with van der Waals surface area (Å²) in [6.45, 7) is 5.08. The standard InChI is InChI=1S/C5H14NO3P/c1-3-8-10(5-7-6)9-4-2/h3-6H2,1-2H3. The van der Waals surface area contributed by atoms with E-state index in [-0.39, 0.29) is 0 Å². The van der Waals surface area contributed by atoms with E-state index in [1.165, 1.54) is 0 Å². The molecule has 0 aliphatic carbocycles. The predicted octanol–water partition coefficient (Wildman–Crippen LogP) is 1.22. The van der Waals surface area contributed by atoms with Gasteiger partial charge in [0.05, 0.1) is 13.2 Å². The second-order valence-electron chi connectivity index (χ2n) is 1.46. The Morgan fingerprint density at radius 3 is 2.00 bits per heavy atom. The van der Waals surface area contributed by atoms with E-state index in [2.05, 4.69) is 4.84 Å². The fourth-order valence-electron chi connectivity index (χ4n) is 0.461. The summed E-state index contributed by atoms with van der Waals surface area (Å²) >= 11 is 0. The Morgan fingerprint density at radius 2 is 1.70 bits per heavy atom. The largest absolute Gasteiger partial charge is 0.333 e. The topological polar surface area (TPSA) is 53.7 Å². The second-order valence-corrected chi connectivity index (χ2v) is 2.90. The Kier molecular flexibility index (Phi) is 7.58. The van der Waals surface area contributed by atoms with E-state index in [0.29, 0.717) is 19.6 Å². The van der Waals surface area contributed by atoms with Crippen molar-refractivity contribution in [1.29, 1.82) is 0 Å². The fraction of sp³-hybridized carbons (Fsp3) is 1.00. The fourth-order valence-corrected chi connectivity index (χ4v) is 1.38. The zero-order valence-electron chi connectivity index (χ0n) is 6.37. The van der Waals surface area contributed by atoms with Crippen LogP contribution in [0.5, 0.6) is 0 Å². The van der Waals surface area contributed by atoms with Gasteiger partial charge in [0.2, 0.25) is 0 Å². The van der Waals surface area contributed by atoms with Gasteiger partial charge in [-0.1, -0.05) is 0 Å². The van der Waals surface area contributed by atoms with Gasteiger partial charge in [-0.05, 0) is 13.8 Å². The van der Waals surface area contributed by atoms with Gasteiger partial charge in [0.1, 0.15) is 6.35 Å². The molecule has 0 aromatic rings. The Hall–Kier alpha value is 0.270. The van der Waals surface area contributed by atoms with E-state index < -0.39 is 8.38 Å². The molecule has 0 bridgehead atoms. The minimum Gasteiger partial charge on any atom is -0.333 e. The molecule has 0 saturated carbocycles. The summed E-state index contributed by atoms with van der Waals surface area (Å²) in [5.41, 5.74) is 0. The third-order valence-corrected chi connectivity index (χ3v) is 2.18. The molecule has 2 N–H and O–H groups in total. The van der Waals surface area contributed by atoms with Gasteiger partial charge in [0, 0.05) is 0 Å². The van der Waals surface area contributed by atoms with Crippen LogP contribution in [0.15, 0.2) is 0 Å². The third kappa shape index (κ3) is 5.09. The lowest BCUT2D eigenvalue weighted by Gasteiger charge is -2.13. The lowest BCUT2D eigenvalue weighted by molar-refractivity contribution is 0.156. The van der Waals surface area contributed by atoms with Crippen LogP contribution in [0.4, 0.5) is 0 Å². The molecule has 0 aliphatic rings. The van der Waals surface area contributed by atoms with Gasteiger partial charge in [-0.3, -0.25) is 4.84 Å². The molecule has 0 amide bonds. The van der Waals surface area contributed by atoms with Crippen molar-refractivity contribution in [2.45, 2.75) is 13.8 Å². The van der Waals surface area contributed by atoms with Crippen molar-refractivity contribution in [1.82, 2.24) is 0 Å². The minimum atomic E-state index is -0.908. The normalized spacial score (nSPS) is 10.8. The van der Waals surface area contributed by atoms with E-state index in [1.807, 2.05) is 13.8 Å². The minimum absolute atomic E-state index is 0.344. The van der Waals surface area contributed by atoms with Crippen LogP contribution in [0.25, 0.3) is 0 Å². The van der Waals surface area contributed by atoms with Crippen LogP contribution >= 0.6 is 8.38 Å². The molecule has 0 aromatic carbocycles. The van der Waals surface area contributed by atoms with Gasteiger partial charge in [-0.25, -0.2) is 5.90 Å². The summed E-state index contributed by atoms with van der Waals surface area (Å²) in [5.74, 6) is 4.85. The molecule has 0 unspecified atom stereocenters. The van der Waals surface area contributed by atoms with E-state index in [4.69, 9.17) is 14.9 Å². The van der Waals surface area contributed by atoms with Crippen LogP contribution in [0.2, 0.25) is 0 Å². The van der Waals surface area contributed by atoms with E-state index >= 15 is 0 Å². The van der Waals surface area contributed by atoms with Crippen LogP contribution in [0.1, 0.15) is 13.8 Å². The third-order valence-electron chi connectivity index (χ3n) is 0.726. The van der Waals surface area contributed by atoms with Gasteiger partial charge >= 0.3 is 0 Å². The van der Waals surface area contributed by atoms with Crippen LogP contribution in [0, 0.1) is 0 Å². The van der Waals surface area contributed by atoms with E-state index in [0.717, 1.165) is 0 Å². The molecule has 0 heterocycles. The quantitative estimate of drug-likeness (QED) is 0.477. The maximum atomic E-state index is 5.16. The molecule has 0 radical (unpaired) electrons. The van der Waals surface area contributed by atoms with E-state index in [9.17, 15) is 0 Å². The van der Waals surface area contributed by atoms with Crippen molar-refractivity contribution < 1.29 is 13.9 Å². The molecule has 4 nitrogen and oxygen atoms in total. The molecule has 0 aliphatic heterocycles. The average Bonchev–Trinajstić information content (AvgIpc) is 1.90. The highest BCUT2D eigenvalue weighted by molar-refractivity contribution is 7.47. The SMILES string of the molecule is CCOP(CON)OCC. The number of nitrogens with two attached hydrogens (primary N) is 1. The highest BCUT2D eigenvalue weighted by atomic mass is 31.2. The number of hydrogen-bond acceptors (Lipinski definition) is 4. The lowest BCUT2D eigenvalue weighted by Crippen LogP contribution is -2.03. The summed E-state index contributed by atoms with van der Waals surface area (Å²) in [4.78, 5) is 4.39. The molecule has 0 spiro atoms. The molecular formula is C5H14NO3P. The van der Waals surface area contributed by atoms with Crippen LogP contribution < -0.4 is 5.90 Å². The molecule has 0 rings (SSSR count). The van der Waals surface area contributed by atoms with Crippen molar-refractivity contribution in [3.8, 4) is 0 Å². The zero-order chi connectivity index (χ0) is 7.82. The van der Waals surface area contributed by atoms with Crippen molar-refractivity contribution in [2.75, 3.05) is 19.6 Å². The molecule has 5 heteroatoms. The van der Waals surface area contributed by atoms with Crippen LogP contribution in [0.3, 0.4) is 0 Å².